The Labute approximate surface area is 159 Å². The van der Waals surface area contributed by atoms with Crippen molar-refractivity contribution in [2.75, 3.05) is 0 Å². The molecule has 158 valence electrons. The fourth-order valence-corrected chi connectivity index (χ4v) is 2.44. The summed E-state index contributed by atoms with van der Waals surface area (Å²) in [6.07, 6.45) is 0.0807. The highest BCUT2D eigenvalue weighted by atomic mass is 32.2. The van der Waals surface area contributed by atoms with Crippen LogP contribution in [0.2, 0.25) is 0 Å². The van der Waals surface area contributed by atoms with Gasteiger partial charge in [0.2, 0.25) is 0 Å². The molecule has 2 N–H and O–H groups in total. The summed E-state index contributed by atoms with van der Waals surface area (Å²) in [4.78, 5) is 27.9. The summed E-state index contributed by atoms with van der Waals surface area (Å²) in [6.45, 7) is 4.84. The number of aryl methyl sites for hydroxylation is 1. The van der Waals surface area contributed by atoms with Crippen molar-refractivity contribution in [3.8, 4) is 5.75 Å². The minimum absolute atomic E-state index is 0.0496. The molecule has 0 amide bonds. The number of alkyl halides is 3. The van der Waals surface area contributed by atoms with Gasteiger partial charge in [0.15, 0.2) is 5.92 Å². The lowest BCUT2D eigenvalue weighted by Gasteiger charge is -2.22. The molecule has 0 bridgehead atoms. The SMILES string of the molecule is CC(C)(C)OC(=O)[C@@H](CCc1ccc(OS(=O)(=O)C(F)(F)F)cc1)C(=O)ON. The zero-order valence-electron chi connectivity index (χ0n) is 15.3. The van der Waals surface area contributed by atoms with Gasteiger partial charge in [-0.05, 0) is 51.3 Å². The van der Waals surface area contributed by atoms with Crippen molar-refractivity contribution in [2.45, 2.75) is 44.7 Å². The Hall–Kier alpha value is -2.34. The predicted molar refractivity (Wildman–Crippen MR) is 90.0 cm³/mol. The summed E-state index contributed by atoms with van der Waals surface area (Å²) in [6, 6.07) is 4.62. The van der Waals surface area contributed by atoms with E-state index in [0.29, 0.717) is 5.56 Å². The Kier molecular flexibility index (Phi) is 7.43. The van der Waals surface area contributed by atoms with Crippen LogP contribution in [-0.2, 0) is 35.7 Å². The van der Waals surface area contributed by atoms with Gasteiger partial charge in [-0.1, -0.05) is 12.1 Å². The van der Waals surface area contributed by atoms with Crippen LogP contribution in [0, 0.1) is 5.92 Å². The van der Waals surface area contributed by atoms with Gasteiger partial charge in [0, 0.05) is 0 Å². The third kappa shape index (κ3) is 7.00. The quantitative estimate of drug-likeness (QED) is 0.231. The van der Waals surface area contributed by atoms with Crippen LogP contribution < -0.4 is 10.1 Å². The molecule has 0 heterocycles. The summed E-state index contributed by atoms with van der Waals surface area (Å²) >= 11 is 0. The minimum Gasteiger partial charge on any atom is -0.459 e. The van der Waals surface area contributed by atoms with E-state index in [1.165, 1.54) is 12.1 Å². The van der Waals surface area contributed by atoms with E-state index >= 15 is 0 Å². The third-order valence-electron chi connectivity index (χ3n) is 3.23. The van der Waals surface area contributed by atoms with E-state index in [4.69, 9.17) is 10.6 Å². The molecule has 0 aliphatic carbocycles. The standard InChI is InChI=1S/C16H20F3NO7S/c1-15(2,3)25-13(21)12(14(22)26-20)9-6-10-4-7-11(8-5-10)27-28(23,24)16(17,18)19/h4-5,7-8,12H,6,9,20H2,1-3H3/t12-/m1/s1. The van der Waals surface area contributed by atoms with Crippen molar-refractivity contribution < 1.29 is 44.9 Å². The van der Waals surface area contributed by atoms with E-state index in [1.54, 1.807) is 20.8 Å². The lowest BCUT2D eigenvalue weighted by atomic mass is 9.99. The normalized spacial score (nSPS) is 13.5. The van der Waals surface area contributed by atoms with E-state index in [9.17, 15) is 31.2 Å². The second-order valence-electron chi connectivity index (χ2n) is 6.69. The lowest BCUT2D eigenvalue weighted by molar-refractivity contribution is -0.169. The van der Waals surface area contributed by atoms with Gasteiger partial charge in [0.25, 0.3) is 0 Å². The molecule has 8 nitrogen and oxygen atoms in total. The van der Waals surface area contributed by atoms with Crippen molar-refractivity contribution in [1.82, 2.24) is 0 Å². The first kappa shape index (κ1) is 23.7. The van der Waals surface area contributed by atoms with Crippen molar-refractivity contribution in [2.24, 2.45) is 11.8 Å². The molecule has 0 aliphatic rings. The molecule has 0 spiro atoms. The number of esters is 1. The maximum atomic E-state index is 12.3. The molecule has 0 saturated carbocycles. The van der Waals surface area contributed by atoms with Gasteiger partial charge in [-0.2, -0.15) is 27.5 Å². The topological polar surface area (TPSA) is 122 Å². The Morgan fingerprint density at radius 3 is 2.04 bits per heavy atom. The molecule has 0 fully saturated rings. The molecule has 1 atom stereocenters. The average Bonchev–Trinajstić information content (AvgIpc) is 2.53. The molecule has 0 aromatic heterocycles. The maximum absolute atomic E-state index is 12.3. The number of halogens is 3. The van der Waals surface area contributed by atoms with Crippen LogP contribution in [0.15, 0.2) is 24.3 Å². The van der Waals surface area contributed by atoms with E-state index in [1.807, 2.05) is 0 Å². The number of carbonyl (C=O) groups is 2. The van der Waals surface area contributed by atoms with Gasteiger partial charge >= 0.3 is 27.6 Å². The average molecular weight is 427 g/mol. The molecule has 28 heavy (non-hydrogen) atoms. The number of hydrogen-bond acceptors (Lipinski definition) is 8. The molecule has 1 aromatic carbocycles. The van der Waals surface area contributed by atoms with Crippen LogP contribution in [0.25, 0.3) is 0 Å². The van der Waals surface area contributed by atoms with E-state index in [0.717, 1.165) is 12.1 Å². The van der Waals surface area contributed by atoms with Gasteiger partial charge in [0.05, 0.1) is 0 Å². The summed E-state index contributed by atoms with van der Waals surface area (Å²) in [5.41, 5.74) is -5.89. The Morgan fingerprint density at radius 2 is 1.61 bits per heavy atom. The Balaban J connectivity index is 2.82. The third-order valence-corrected chi connectivity index (χ3v) is 4.21. The molecular formula is C16H20F3NO7S. The van der Waals surface area contributed by atoms with Crippen molar-refractivity contribution in [1.29, 1.82) is 0 Å². The smallest absolute Gasteiger partial charge is 0.459 e. The van der Waals surface area contributed by atoms with E-state index in [2.05, 4.69) is 9.02 Å². The first-order chi connectivity index (χ1) is 12.7. The number of ether oxygens (including phenoxy) is 1. The highest BCUT2D eigenvalue weighted by Crippen LogP contribution is 2.27. The van der Waals surface area contributed by atoms with Gasteiger partial charge < -0.3 is 13.8 Å². The number of carbonyl (C=O) groups excluding carboxylic acids is 2. The molecule has 0 radical (unpaired) electrons. The van der Waals surface area contributed by atoms with E-state index in [-0.39, 0.29) is 12.8 Å². The van der Waals surface area contributed by atoms with Crippen LogP contribution in [0.5, 0.6) is 5.75 Å². The Bertz CT molecular complexity index is 799. The van der Waals surface area contributed by atoms with Gasteiger partial charge in [-0.25, -0.2) is 4.79 Å². The first-order valence-electron chi connectivity index (χ1n) is 7.89. The fraction of sp³-hybridized carbons (Fsp3) is 0.500. The molecular weight excluding hydrogens is 407 g/mol. The van der Waals surface area contributed by atoms with Gasteiger partial charge in [-0.3, -0.25) is 4.79 Å². The van der Waals surface area contributed by atoms with Gasteiger partial charge in [0.1, 0.15) is 11.4 Å². The number of hydrogen-bond donors (Lipinski definition) is 1. The Morgan fingerprint density at radius 1 is 1.07 bits per heavy atom. The second-order valence-corrected chi connectivity index (χ2v) is 8.23. The van der Waals surface area contributed by atoms with Crippen molar-refractivity contribution in [3.63, 3.8) is 0 Å². The zero-order chi connectivity index (χ0) is 21.8. The van der Waals surface area contributed by atoms with E-state index < -0.39 is 44.8 Å². The van der Waals surface area contributed by atoms with Crippen LogP contribution >= 0.6 is 0 Å². The van der Waals surface area contributed by atoms with Crippen LogP contribution in [0.1, 0.15) is 32.8 Å². The maximum Gasteiger partial charge on any atom is 0.534 e. The molecule has 1 aromatic rings. The number of benzene rings is 1. The monoisotopic (exact) mass is 427 g/mol. The first-order valence-corrected chi connectivity index (χ1v) is 9.30. The lowest BCUT2D eigenvalue weighted by Crippen LogP contribution is -2.35. The minimum atomic E-state index is -5.77. The highest BCUT2D eigenvalue weighted by Gasteiger charge is 2.48. The molecule has 0 saturated heterocycles. The largest absolute Gasteiger partial charge is 0.534 e. The van der Waals surface area contributed by atoms with Crippen LogP contribution in [-0.4, -0.2) is 31.5 Å². The van der Waals surface area contributed by atoms with Crippen LogP contribution in [0.4, 0.5) is 13.2 Å². The van der Waals surface area contributed by atoms with Crippen molar-refractivity contribution >= 4 is 22.1 Å². The highest BCUT2D eigenvalue weighted by molar-refractivity contribution is 7.88. The number of rotatable bonds is 7. The predicted octanol–water partition coefficient (Wildman–Crippen LogP) is 2.22. The van der Waals surface area contributed by atoms with Crippen molar-refractivity contribution in [3.05, 3.63) is 29.8 Å². The number of nitrogens with two attached hydrogens (primary N) is 1. The molecule has 1 rings (SSSR count). The summed E-state index contributed by atoms with van der Waals surface area (Å²) in [5.74, 6) is 1.17. The summed E-state index contributed by atoms with van der Waals surface area (Å²) in [7, 11) is -5.77. The van der Waals surface area contributed by atoms with Gasteiger partial charge in [-0.15, -0.1) is 0 Å². The second kappa shape index (κ2) is 8.78. The van der Waals surface area contributed by atoms with Crippen LogP contribution in [0.3, 0.4) is 0 Å². The fourth-order valence-electron chi connectivity index (χ4n) is 1.98. The summed E-state index contributed by atoms with van der Waals surface area (Å²) in [5, 5.41) is 0. The molecule has 12 heteroatoms. The zero-order valence-corrected chi connectivity index (χ0v) is 16.1. The molecule has 0 unspecified atom stereocenters. The summed E-state index contributed by atoms with van der Waals surface area (Å²) < 4.78 is 67.9. The molecule has 0 aliphatic heterocycles.